The number of amides is 3. The van der Waals surface area contributed by atoms with Gasteiger partial charge in [-0.1, -0.05) is 0 Å². The maximum atomic E-state index is 12.4. The zero-order valence-electron chi connectivity index (χ0n) is 11.6. The molecule has 1 fully saturated rings. The molecule has 0 aromatic heterocycles. The molecule has 3 amide bonds. The van der Waals surface area contributed by atoms with Gasteiger partial charge >= 0.3 is 12.0 Å². The topological polar surface area (TPSA) is 90.0 Å². The number of urea groups is 1. The van der Waals surface area contributed by atoms with Crippen LogP contribution in [0.4, 0.5) is 4.79 Å². The highest BCUT2D eigenvalue weighted by Gasteiger charge is 2.32. The lowest BCUT2D eigenvalue weighted by Gasteiger charge is -2.37. The van der Waals surface area contributed by atoms with Gasteiger partial charge in [-0.15, -0.1) is 0 Å². The average Bonchev–Trinajstić information content (AvgIpc) is 2.48. The van der Waals surface area contributed by atoms with Gasteiger partial charge in [-0.3, -0.25) is 9.59 Å². The van der Waals surface area contributed by atoms with Crippen molar-refractivity contribution in [2.45, 2.75) is 32.7 Å². The Morgan fingerprint density at radius 1 is 1.37 bits per heavy atom. The zero-order chi connectivity index (χ0) is 14.6. The van der Waals surface area contributed by atoms with Gasteiger partial charge in [0.05, 0.1) is 0 Å². The van der Waals surface area contributed by atoms with Gasteiger partial charge in [-0.05, 0) is 20.8 Å². The fraction of sp³-hybridized carbons (Fsp3) is 0.750. The number of carboxylic acid groups (broad SMARTS) is 1. The summed E-state index contributed by atoms with van der Waals surface area (Å²) in [6.45, 7) is 6.13. The van der Waals surface area contributed by atoms with Crippen LogP contribution in [0.1, 0.15) is 27.2 Å². The van der Waals surface area contributed by atoms with Crippen LogP contribution in [0.2, 0.25) is 0 Å². The number of rotatable bonds is 2. The van der Waals surface area contributed by atoms with Crippen molar-refractivity contribution in [3.63, 3.8) is 0 Å². The van der Waals surface area contributed by atoms with Crippen LogP contribution in [0.5, 0.6) is 0 Å². The molecule has 108 valence electrons. The van der Waals surface area contributed by atoms with Crippen LogP contribution in [0.25, 0.3) is 0 Å². The Morgan fingerprint density at radius 2 is 2.00 bits per heavy atom. The van der Waals surface area contributed by atoms with Crippen molar-refractivity contribution < 1.29 is 19.5 Å². The third kappa shape index (κ3) is 4.42. The Balaban J connectivity index is 2.80. The van der Waals surface area contributed by atoms with Gasteiger partial charge in [-0.25, -0.2) is 4.79 Å². The van der Waals surface area contributed by atoms with Crippen LogP contribution in [0, 0.1) is 0 Å². The second kappa shape index (κ2) is 5.90. The number of carbonyl (C=O) groups excluding carboxylic acids is 2. The molecule has 19 heavy (non-hydrogen) atoms. The minimum Gasteiger partial charge on any atom is -0.480 e. The Morgan fingerprint density at radius 3 is 2.53 bits per heavy atom. The summed E-state index contributed by atoms with van der Waals surface area (Å²) in [6.07, 6.45) is 0.247. The number of carboxylic acids is 1. The number of hydrogen-bond acceptors (Lipinski definition) is 3. The molecule has 0 unspecified atom stereocenters. The van der Waals surface area contributed by atoms with Crippen molar-refractivity contribution in [2.75, 3.05) is 26.2 Å². The van der Waals surface area contributed by atoms with Gasteiger partial charge in [0, 0.05) is 31.6 Å². The first-order valence-corrected chi connectivity index (χ1v) is 6.27. The average molecular weight is 271 g/mol. The molecule has 1 aliphatic heterocycles. The molecule has 7 nitrogen and oxygen atoms in total. The lowest BCUT2D eigenvalue weighted by molar-refractivity contribution is -0.138. The summed E-state index contributed by atoms with van der Waals surface area (Å²) in [5.41, 5.74) is -0.584. The summed E-state index contributed by atoms with van der Waals surface area (Å²) in [5.74, 6) is -1.14. The number of carbonyl (C=O) groups is 3. The molecule has 0 bridgehead atoms. The number of hydrogen-bond donors (Lipinski definition) is 2. The lowest BCUT2D eigenvalue weighted by Crippen LogP contribution is -2.54. The molecule has 0 saturated carbocycles. The fourth-order valence-corrected chi connectivity index (χ4v) is 1.86. The molecule has 0 aromatic rings. The Bertz CT molecular complexity index is 376. The first kappa shape index (κ1) is 15.3. The van der Waals surface area contributed by atoms with Gasteiger partial charge in [0.1, 0.15) is 6.54 Å². The van der Waals surface area contributed by atoms with Crippen LogP contribution in [0.3, 0.4) is 0 Å². The molecule has 0 aliphatic carbocycles. The van der Waals surface area contributed by atoms with Gasteiger partial charge in [0.2, 0.25) is 5.91 Å². The van der Waals surface area contributed by atoms with Crippen molar-refractivity contribution in [3.8, 4) is 0 Å². The van der Waals surface area contributed by atoms with E-state index in [0.29, 0.717) is 19.6 Å². The second-order valence-corrected chi connectivity index (χ2v) is 5.52. The smallest absolute Gasteiger partial charge is 0.323 e. The fourth-order valence-electron chi connectivity index (χ4n) is 1.86. The summed E-state index contributed by atoms with van der Waals surface area (Å²) in [5, 5.41) is 11.6. The highest BCUT2D eigenvalue weighted by atomic mass is 16.4. The first-order valence-electron chi connectivity index (χ1n) is 6.27. The molecular formula is C12H21N3O4. The van der Waals surface area contributed by atoms with Crippen LogP contribution >= 0.6 is 0 Å². The highest BCUT2D eigenvalue weighted by Crippen LogP contribution is 2.16. The largest absolute Gasteiger partial charge is 0.480 e. The van der Waals surface area contributed by atoms with Crippen LogP contribution < -0.4 is 5.32 Å². The van der Waals surface area contributed by atoms with Crippen LogP contribution in [0.15, 0.2) is 0 Å². The van der Waals surface area contributed by atoms with Crippen LogP contribution in [-0.2, 0) is 9.59 Å². The summed E-state index contributed by atoms with van der Waals surface area (Å²) in [4.78, 5) is 37.3. The van der Waals surface area contributed by atoms with E-state index in [1.54, 1.807) is 20.8 Å². The molecule has 1 rings (SSSR count). The van der Waals surface area contributed by atoms with E-state index in [-0.39, 0.29) is 24.9 Å². The summed E-state index contributed by atoms with van der Waals surface area (Å²) in [7, 11) is 0. The molecule has 0 aromatic carbocycles. The number of nitrogens with one attached hydrogen (secondary N) is 1. The van der Waals surface area contributed by atoms with Crippen molar-refractivity contribution in [3.05, 3.63) is 0 Å². The normalized spacial score (nSPS) is 16.6. The number of nitrogens with zero attached hydrogens (tertiary/aromatic N) is 2. The molecule has 1 saturated heterocycles. The monoisotopic (exact) mass is 271 g/mol. The summed E-state index contributed by atoms with van der Waals surface area (Å²) >= 11 is 0. The maximum Gasteiger partial charge on any atom is 0.323 e. The van der Waals surface area contributed by atoms with E-state index in [1.807, 2.05) is 0 Å². The van der Waals surface area contributed by atoms with Gasteiger partial charge in [-0.2, -0.15) is 0 Å². The van der Waals surface area contributed by atoms with Crippen molar-refractivity contribution in [2.24, 2.45) is 0 Å². The minimum atomic E-state index is -1.05. The molecule has 7 heteroatoms. The maximum absolute atomic E-state index is 12.4. The first-order chi connectivity index (χ1) is 8.71. The minimum absolute atomic E-state index is 0.0872. The van der Waals surface area contributed by atoms with Crippen molar-refractivity contribution in [1.29, 1.82) is 0 Å². The molecule has 0 spiro atoms. The van der Waals surface area contributed by atoms with Crippen LogP contribution in [-0.4, -0.2) is 64.5 Å². The lowest BCUT2D eigenvalue weighted by atomic mass is 10.1. The molecule has 1 heterocycles. The molecule has 0 atom stereocenters. The van der Waals surface area contributed by atoms with E-state index >= 15 is 0 Å². The van der Waals surface area contributed by atoms with E-state index in [1.165, 1.54) is 9.80 Å². The zero-order valence-corrected chi connectivity index (χ0v) is 11.6. The molecule has 2 N–H and O–H groups in total. The molecule has 1 aliphatic rings. The predicted molar refractivity (Wildman–Crippen MR) is 68.7 cm³/mol. The van der Waals surface area contributed by atoms with E-state index in [4.69, 9.17) is 5.11 Å². The van der Waals surface area contributed by atoms with E-state index < -0.39 is 11.5 Å². The van der Waals surface area contributed by atoms with Crippen molar-refractivity contribution >= 4 is 17.9 Å². The third-order valence-corrected chi connectivity index (χ3v) is 2.92. The molecule has 0 radical (unpaired) electrons. The van der Waals surface area contributed by atoms with Gasteiger partial charge < -0.3 is 20.2 Å². The van der Waals surface area contributed by atoms with E-state index in [9.17, 15) is 14.4 Å². The quantitative estimate of drug-likeness (QED) is 0.746. The highest BCUT2D eigenvalue weighted by molar-refractivity contribution is 5.82. The Labute approximate surface area is 112 Å². The Kier molecular flexibility index (Phi) is 4.74. The van der Waals surface area contributed by atoms with Gasteiger partial charge in [0.15, 0.2) is 0 Å². The summed E-state index contributed by atoms with van der Waals surface area (Å²) < 4.78 is 0. The summed E-state index contributed by atoms with van der Waals surface area (Å²) in [6, 6.07) is -0.341. The van der Waals surface area contributed by atoms with Crippen molar-refractivity contribution in [1.82, 2.24) is 15.1 Å². The third-order valence-electron chi connectivity index (χ3n) is 2.92. The predicted octanol–water partition coefficient (Wildman–Crippen LogP) is 0.113. The SMILES string of the molecule is CC(C)(C)N(CC(=O)O)C(=O)N1CCNC(=O)CC1. The Hall–Kier alpha value is -1.79. The molecular weight excluding hydrogens is 250 g/mol. The number of aliphatic carboxylic acids is 1. The van der Waals surface area contributed by atoms with E-state index in [2.05, 4.69) is 5.32 Å². The second-order valence-electron chi connectivity index (χ2n) is 5.52. The standard InChI is InChI=1S/C12H21N3O4/c1-12(2,3)15(8-10(17)18)11(19)14-6-4-9(16)13-5-7-14/h4-8H2,1-3H3,(H,13,16)(H,17,18). The van der Waals surface area contributed by atoms with E-state index in [0.717, 1.165) is 0 Å². The van der Waals surface area contributed by atoms with Gasteiger partial charge in [0.25, 0.3) is 0 Å².